The lowest BCUT2D eigenvalue weighted by atomic mass is 9.81. The smallest absolute Gasteiger partial charge is 0.233 e. The number of hydrogen-bond donors (Lipinski definition) is 1. The molecule has 29 heavy (non-hydrogen) atoms. The van der Waals surface area contributed by atoms with Gasteiger partial charge in [-0.15, -0.1) is 12.4 Å². The second kappa shape index (κ2) is 9.22. The van der Waals surface area contributed by atoms with Gasteiger partial charge < -0.3 is 10.2 Å². The molecule has 1 N–H and O–H groups in total. The molecule has 3 aliphatic rings. The summed E-state index contributed by atoms with van der Waals surface area (Å²) in [5, 5.41) is 3.25. The van der Waals surface area contributed by atoms with Crippen LogP contribution < -0.4 is 5.32 Å². The first-order chi connectivity index (χ1) is 13.6. The van der Waals surface area contributed by atoms with Gasteiger partial charge in [0.1, 0.15) is 5.82 Å². The number of nitrogens with one attached hydrogen (secondary N) is 1. The molecule has 3 atom stereocenters. The van der Waals surface area contributed by atoms with E-state index in [1.165, 1.54) is 17.0 Å². The number of fused-ring (bicyclic) bond motifs is 1. The maximum Gasteiger partial charge on any atom is 0.233 e. The van der Waals surface area contributed by atoms with Gasteiger partial charge in [0.05, 0.1) is 17.9 Å². The Hall–Kier alpha value is -1.99. The number of amides is 3. The highest BCUT2D eigenvalue weighted by atomic mass is 35.5. The van der Waals surface area contributed by atoms with E-state index in [1.54, 1.807) is 11.0 Å². The molecule has 2 aliphatic heterocycles. The van der Waals surface area contributed by atoms with Gasteiger partial charge in [-0.2, -0.15) is 0 Å². The Balaban J connectivity index is 0.00000240. The summed E-state index contributed by atoms with van der Waals surface area (Å²) in [4.78, 5) is 41.1. The van der Waals surface area contributed by atoms with Crippen LogP contribution in [0.2, 0.25) is 0 Å². The standard InChI is InChI=1S/C21H26FN3O3.ClH/c22-15-5-3-4-14(12-15)18-13-23-9-11-24(18)19(26)8-10-25-20(27)16-6-1-2-7-17(16)21(25)28;/h3-5,12,16-18,23H,1-2,6-11,13H2;1H. The van der Waals surface area contributed by atoms with Gasteiger partial charge >= 0.3 is 0 Å². The number of hydrogen-bond acceptors (Lipinski definition) is 4. The van der Waals surface area contributed by atoms with Crippen molar-refractivity contribution >= 4 is 30.1 Å². The van der Waals surface area contributed by atoms with Crippen LogP contribution in [0.15, 0.2) is 24.3 Å². The lowest BCUT2D eigenvalue weighted by Crippen LogP contribution is -2.49. The van der Waals surface area contributed by atoms with Gasteiger partial charge in [0.25, 0.3) is 0 Å². The first-order valence-corrected chi connectivity index (χ1v) is 10.2. The summed E-state index contributed by atoms with van der Waals surface area (Å²) in [5.41, 5.74) is 0.750. The zero-order valence-corrected chi connectivity index (χ0v) is 17.1. The quantitative estimate of drug-likeness (QED) is 0.754. The zero-order chi connectivity index (χ0) is 19.7. The molecule has 0 aromatic heterocycles. The Bertz CT molecular complexity index is 766. The van der Waals surface area contributed by atoms with Crippen LogP contribution in [0.3, 0.4) is 0 Å². The number of imide groups is 1. The largest absolute Gasteiger partial charge is 0.333 e. The number of carbonyl (C=O) groups is 3. The summed E-state index contributed by atoms with van der Waals surface area (Å²) < 4.78 is 13.6. The molecule has 158 valence electrons. The Morgan fingerprint density at radius 2 is 1.83 bits per heavy atom. The summed E-state index contributed by atoms with van der Waals surface area (Å²) in [6.07, 6.45) is 3.65. The van der Waals surface area contributed by atoms with E-state index in [1.807, 2.05) is 6.07 Å². The number of benzene rings is 1. The number of nitrogens with zero attached hydrogens (tertiary/aromatic N) is 2. The number of halogens is 2. The predicted molar refractivity (Wildman–Crippen MR) is 108 cm³/mol. The maximum atomic E-state index is 13.6. The van der Waals surface area contributed by atoms with Crippen LogP contribution in [0.5, 0.6) is 0 Å². The van der Waals surface area contributed by atoms with Gasteiger partial charge in [-0.25, -0.2) is 4.39 Å². The predicted octanol–water partition coefficient (Wildman–Crippen LogP) is 2.29. The van der Waals surface area contributed by atoms with E-state index >= 15 is 0 Å². The van der Waals surface area contributed by atoms with Gasteiger partial charge in [0.15, 0.2) is 0 Å². The van der Waals surface area contributed by atoms with Crippen LogP contribution in [-0.4, -0.2) is 53.7 Å². The summed E-state index contributed by atoms with van der Waals surface area (Å²) in [7, 11) is 0. The molecule has 8 heteroatoms. The average molecular weight is 424 g/mol. The first kappa shape index (κ1) is 21.7. The van der Waals surface area contributed by atoms with Crippen molar-refractivity contribution in [3.63, 3.8) is 0 Å². The van der Waals surface area contributed by atoms with Crippen molar-refractivity contribution in [1.82, 2.24) is 15.1 Å². The van der Waals surface area contributed by atoms with Crippen molar-refractivity contribution in [3.8, 4) is 0 Å². The third-order valence-corrected chi connectivity index (χ3v) is 6.28. The van der Waals surface area contributed by atoms with Crippen molar-refractivity contribution in [2.75, 3.05) is 26.2 Å². The van der Waals surface area contributed by atoms with Crippen LogP contribution in [0, 0.1) is 17.7 Å². The van der Waals surface area contributed by atoms with Crippen LogP contribution in [0.1, 0.15) is 43.7 Å². The normalized spacial score (nSPS) is 26.9. The van der Waals surface area contributed by atoms with Gasteiger partial charge in [-0.05, 0) is 30.5 Å². The summed E-state index contributed by atoms with van der Waals surface area (Å²) in [6, 6.07) is 6.06. The van der Waals surface area contributed by atoms with E-state index in [0.717, 1.165) is 31.2 Å². The average Bonchev–Trinajstić information content (AvgIpc) is 2.96. The number of likely N-dealkylation sites (tertiary alicyclic amines) is 1. The van der Waals surface area contributed by atoms with E-state index in [2.05, 4.69) is 5.32 Å². The maximum absolute atomic E-state index is 13.6. The molecule has 2 saturated heterocycles. The minimum atomic E-state index is -0.327. The van der Waals surface area contributed by atoms with Gasteiger partial charge in [0, 0.05) is 32.6 Å². The van der Waals surface area contributed by atoms with Crippen LogP contribution >= 0.6 is 12.4 Å². The third-order valence-electron chi connectivity index (χ3n) is 6.28. The van der Waals surface area contributed by atoms with Crippen molar-refractivity contribution in [2.24, 2.45) is 11.8 Å². The topological polar surface area (TPSA) is 69.7 Å². The van der Waals surface area contributed by atoms with Gasteiger partial charge in [-0.3, -0.25) is 19.3 Å². The molecule has 0 radical (unpaired) electrons. The summed E-state index contributed by atoms with van der Waals surface area (Å²) in [6.45, 7) is 1.89. The molecule has 4 rings (SSSR count). The lowest BCUT2D eigenvalue weighted by molar-refractivity contribution is -0.141. The van der Waals surface area contributed by atoms with Crippen LogP contribution in [-0.2, 0) is 14.4 Å². The zero-order valence-electron chi connectivity index (χ0n) is 16.3. The SMILES string of the molecule is Cl.O=C1C2CCCCC2C(=O)N1CCC(=O)N1CCNCC1c1cccc(F)c1. The van der Waals surface area contributed by atoms with E-state index in [4.69, 9.17) is 0 Å². The second-order valence-electron chi connectivity index (χ2n) is 7.94. The van der Waals surface area contributed by atoms with Crippen LogP contribution in [0.25, 0.3) is 0 Å². The van der Waals surface area contributed by atoms with E-state index in [9.17, 15) is 18.8 Å². The van der Waals surface area contributed by atoms with Gasteiger partial charge in [-0.1, -0.05) is 25.0 Å². The number of piperazine rings is 1. The molecule has 3 unspecified atom stereocenters. The van der Waals surface area contributed by atoms with Crippen molar-refractivity contribution < 1.29 is 18.8 Å². The van der Waals surface area contributed by atoms with Crippen LogP contribution in [0.4, 0.5) is 4.39 Å². The number of rotatable bonds is 4. The Labute approximate surface area is 176 Å². The molecule has 3 fully saturated rings. The van der Waals surface area contributed by atoms with Crippen molar-refractivity contribution in [1.29, 1.82) is 0 Å². The molecular formula is C21H27ClFN3O3. The molecule has 1 aromatic carbocycles. The fourth-order valence-corrected chi connectivity index (χ4v) is 4.82. The Morgan fingerprint density at radius 1 is 1.14 bits per heavy atom. The minimum absolute atomic E-state index is 0. The summed E-state index contributed by atoms with van der Waals surface area (Å²) in [5.74, 6) is -1.02. The molecule has 1 saturated carbocycles. The molecule has 0 bridgehead atoms. The second-order valence-corrected chi connectivity index (χ2v) is 7.94. The molecule has 1 aromatic rings. The van der Waals surface area contributed by atoms with Crippen molar-refractivity contribution in [2.45, 2.75) is 38.1 Å². The first-order valence-electron chi connectivity index (χ1n) is 10.2. The highest BCUT2D eigenvalue weighted by molar-refractivity contribution is 6.05. The minimum Gasteiger partial charge on any atom is -0.333 e. The van der Waals surface area contributed by atoms with E-state index in [0.29, 0.717) is 19.6 Å². The molecule has 3 amide bonds. The fourth-order valence-electron chi connectivity index (χ4n) is 4.82. The number of carbonyl (C=O) groups excluding carboxylic acids is 3. The Morgan fingerprint density at radius 3 is 2.48 bits per heavy atom. The fraction of sp³-hybridized carbons (Fsp3) is 0.571. The van der Waals surface area contributed by atoms with E-state index < -0.39 is 0 Å². The summed E-state index contributed by atoms with van der Waals surface area (Å²) >= 11 is 0. The molecule has 6 nitrogen and oxygen atoms in total. The van der Waals surface area contributed by atoms with Crippen molar-refractivity contribution in [3.05, 3.63) is 35.6 Å². The Kier molecular flexibility index (Phi) is 6.90. The third kappa shape index (κ3) is 4.31. The molecule has 1 aliphatic carbocycles. The van der Waals surface area contributed by atoms with E-state index in [-0.39, 0.29) is 66.8 Å². The highest BCUT2D eigenvalue weighted by Crippen LogP contribution is 2.38. The molecule has 2 heterocycles. The molecule has 0 spiro atoms. The lowest BCUT2D eigenvalue weighted by Gasteiger charge is -2.37. The molecular weight excluding hydrogens is 397 g/mol. The monoisotopic (exact) mass is 423 g/mol. The van der Waals surface area contributed by atoms with Gasteiger partial charge in [0.2, 0.25) is 17.7 Å². The highest BCUT2D eigenvalue weighted by Gasteiger charge is 2.48.